The lowest BCUT2D eigenvalue weighted by Crippen LogP contribution is -2.55. The molecule has 1 atom stereocenters. The highest BCUT2D eigenvalue weighted by Crippen LogP contribution is 2.08. The Morgan fingerprint density at radius 1 is 1.42 bits per heavy atom. The van der Waals surface area contributed by atoms with Crippen molar-refractivity contribution in [1.82, 2.24) is 10.2 Å². The van der Waals surface area contributed by atoms with E-state index in [-0.39, 0.29) is 17.6 Å². The van der Waals surface area contributed by atoms with Gasteiger partial charge in [-0.15, -0.1) is 0 Å². The van der Waals surface area contributed by atoms with Crippen LogP contribution in [-0.2, 0) is 9.59 Å². The number of rotatable bonds is 2. The third kappa shape index (κ3) is 3.19. The molecule has 2 rings (SSSR count). The highest BCUT2D eigenvalue weighted by Gasteiger charge is 2.27. The first-order chi connectivity index (χ1) is 9.08. The molecular formula is C14H15FN2O2. The van der Waals surface area contributed by atoms with Gasteiger partial charge in [-0.25, -0.2) is 4.39 Å². The topological polar surface area (TPSA) is 49.4 Å². The van der Waals surface area contributed by atoms with E-state index in [1.54, 1.807) is 25.1 Å². The van der Waals surface area contributed by atoms with Crippen molar-refractivity contribution in [3.05, 3.63) is 41.7 Å². The second-order valence-corrected chi connectivity index (χ2v) is 4.38. The lowest BCUT2D eigenvalue weighted by atomic mass is 10.1. The molecule has 1 aliphatic heterocycles. The first-order valence-corrected chi connectivity index (χ1v) is 6.10. The maximum absolute atomic E-state index is 12.7. The van der Waals surface area contributed by atoms with Crippen molar-refractivity contribution in [2.24, 2.45) is 0 Å². The second kappa shape index (κ2) is 5.65. The number of benzene rings is 1. The molecule has 0 saturated carbocycles. The maximum Gasteiger partial charge on any atom is 0.247 e. The summed E-state index contributed by atoms with van der Waals surface area (Å²) >= 11 is 0. The molecule has 0 bridgehead atoms. The van der Waals surface area contributed by atoms with E-state index in [1.807, 2.05) is 0 Å². The summed E-state index contributed by atoms with van der Waals surface area (Å²) in [6.07, 6.45) is 3.02. The third-order valence-electron chi connectivity index (χ3n) is 3.07. The molecule has 1 saturated heterocycles. The van der Waals surface area contributed by atoms with E-state index in [1.165, 1.54) is 23.1 Å². The zero-order valence-electron chi connectivity index (χ0n) is 10.6. The van der Waals surface area contributed by atoms with Crippen LogP contribution in [0, 0.1) is 5.82 Å². The van der Waals surface area contributed by atoms with Crippen molar-refractivity contribution >= 4 is 17.9 Å². The summed E-state index contributed by atoms with van der Waals surface area (Å²) < 4.78 is 12.7. The van der Waals surface area contributed by atoms with Crippen LogP contribution in [0.5, 0.6) is 0 Å². The summed E-state index contributed by atoms with van der Waals surface area (Å²) in [5, 5.41) is 2.70. The number of amides is 2. The molecule has 0 aliphatic carbocycles. The van der Waals surface area contributed by atoms with Crippen LogP contribution in [-0.4, -0.2) is 35.8 Å². The largest absolute Gasteiger partial charge is 0.353 e. The maximum atomic E-state index is 12.7. The van der Waals surface area contributed by atoms with Crippen LogP contribution in [0.3, 0.4) is 0 Å². The summed E-state index contributed by atoms with van der Waals surface area (Å²) in [5.41, 5.74) is 0.740. The molecule has 1 N–H and O–H groups in total. The van der Waals surface area contributed by atoms with Gasteiger partial charge < -0.3 is 10.2 Å². The van der Waals surface area contributed by atoms with Crippen LogP contribution in [0.4, 0.5) is 4.39 Å². The van der Waals surface area contributed by atoms with E-state index in [2.05, 4.69) is 5.32 Å². The van der Waals surface area contributed by atoms with Crippen molar-refractivity contribution in [3.63, 3.8) is 0 Å². The lowest BCUT2D eigenvalue weighted by Gasteiger charge is -2.31. The van der Waals surface area contributed by atoms with Crippen molar-refractivity contribution in [2.75, 3.05) is 13.1 Å². The van der Waals surface area contributed by atoms with Crippen LogP contribution in [0.25, 0.3) is 6.08 Å². The molecule has 1 aliphatic rings. The average Bonchev–Trinajstić information content (AvgIpc) is 2.41. The Kier molecular flexibility index (Phi) is 3.94. The molecule has 2 amide bonds. The Morgan fingerprint density at radius 3 is 2.79 bits per heavy atom. The van der Waals surface area contributed by atoms with Gasteiger partial charge in [-0.1, -0.05) is 12.1 Å². The van der Waals surface area contributed by atoms with Gasteiger partial charge >= 0.3 is 0 Å². The minimum Gasteiger partial charge on any atom is -0.353 e. The fourth-order valence-corrected chi connectivity index (χ4v) is 1.92. The molecule has 0 radical (unpaired) electrons. The molecule has 1 fully saturated rings. The monoisotopic (exact) mass is 262 g/mol. The molecule has 0 aromatic heterocycles. The molecule has 19 heavy (non-hydrogen) atoms. The van der Waals surface area contributed by atoms with E-state index >= 15 is 0 Å². The summed E-state index contributed by atoms with van der Waals surface area (Å²) in [6.45, 7) is 2.66. The highest BCUT2D eigenvalue weighted by molar-refractivity contribution is 5.96. The van der Waals surface area contributed by atoms with Crippen LogP contribution in [0.1, 0.15) is 12.5 Å². The van der Waals surface area contributed by atoms with E-state index in [0.29, 0.717) is 13.1 Å². The van der Waals surface area contributed by atoms with Crippen molar-refractivity contribution in [2.45, 2.75) is 13.0 Å². The van der Waals surface area contributed by atoms with E-state index in [4.69, 9.17) is 0 Å². The predicted octanol–water partition coefficient (Wildman–Crippen LogP) is 1.19. The van der Waals surface area contributed by atoms with Gasteiger partial charge in [0, 0.05) is 19.2 Å². The number of hydrogen-bond donors (Lipinski definition) is 1. The minimum atomic E-state index is -0.459. The quantitative estimate of drug-likeness (QED) is 0.814. The van der Waals surface area contributed by atoms with Crippen molar-refractivity contribution < 1.29 is 14.0 Å². The molecular weight excluding hydrogens is 247 g/mol. The van der Waals surface area contributed by atoms with Gasteiger partial charge in [0.05, 0.1) is 0 Å². The van der Waals surface area contributed by atoms with Gasteiger partial charge in [-0.3, -0.25) is 9.59 Å². The Hall–Kier alpha value is -2.17. The summed E-state index contributed by atoms with van der Waals surface area (Å²) in [7, 11) is 0. The standard InChI is InChI=1S/C14H15FN2O2/c1-10-14(19)16-8-9-17(10)13(18)7-4-11-2-5-12(15)6-3-11/h2-7,10H,8-9H2,1H3,(H,16,19). The fourth-order valence-electron chi connectivity index (χ4n) is 1.92. The average molecular weight is 262 g/mol. The number of carbonyl (C=O) groups excluding carboxylic acids is 2. The van der Waals surface area contributed by atoms with Gasteiger partial charge in [0.2, 0.25) is 11.8 Å². The van der Waals surface area contributed by atoms with Crippen molar-refractivity contribution in [3.8, 4) is 0 Å². The fraction of sp³-hybridized carbons (Fsp3) is 0.286. The molecule has 1 aromatic rings. The van der Waals surface area contributed by atoms with Gasteiger partial charge in [0.1, 0.15) is 11.9 Å². The highest BCUT2D eigenvalue weighted by atomic mass is 19.1. The Morgan fingerprint density at radius 2 is 2.11 bits per heavy atom. The van der Waals surface area contributed by atoms with E-state index in [9.17, 15) is 14.0 Å². The number of carbonyl (C=O) groups is 2. The predicted molar refractivity (Wildman–Crippen MR) is 69.6 cm³/mol. The van der Waals surface area contributed by atoms with E-state index < -0.39 is 6.04 Å². The minimum absolute atomic E-state index is 0.144. The Balaban J connectivity index is 2.04. The molecule has 100 valence electrons. The zero-order chi connectivity index (χ0) is 13.8. The zero-order valence-corrected chi connectivity index (χ0v) is 10.6. The SMILES string of the molecule is CC1C(=O)NCCN1C(=O)C=Cc1ccc(F)cc1. The first kappa shape index (κ1) is 13.3. The summed E-state index contributed by atoms with van der Waals surface area (Å²) in [6, 6.07) is 5.39. The van der Waals surface area contributed by atoms with Gasteiger partial charge in [-0.2, -0.15) is 0 Å². The number of piperazine rings is 1. The van der Waals surface area contributed by atoms with Gasteiger partial charge in [0.25, 0.3) is 0 Å². The molecule has 5 heteroatoms. The van der Waals surface area contributed by atoms with Crippen LogP contribution in [0.15, 0.2) is 30.3 Å². The van der Waals surface area contributed by atoms with Crippen LogP contribution >= 0.6 is 0 Å². The Labute approximate surface area is 110 Å². The second-order valence-electron chi connectivity index (χ2n) is 4.38. The third-order valence-corrected chi connectivity index (χ3v) is 3.07. The number of halogens is 1. The molecule has 1 aromatic carbocycles. The first-order valence-electron chi connectivity index (χ1n) is 6.10. The van der Waals surface area contributed by atoms with Crippen LogP contribution in [0.2, 0.25) is 0 Å². The van der Waals surface area contributed by atoms with Crippen molar-refractivity contribution in [1.29, 1.82) is 0 Å². The number of nitrogens with one attached hydrogen (secondary N) is 1. The molecule has 4 nitrogen and oxygen atoms in total. The normalized spacial score (nSPS) is 19.6. The lowest BCUT2D eigenvalue weighted by molar-refractivity contribution is -0.139. The van der Waals surface area contributed by atoms with Crippen LogP contribution < -0.4 is 5.32 Å². The van der Waals surface area contributed by atoms with E-state index in [0.717, 1.165) is 5.56 Å². The summed E-state index contributed by atoms with van der Waals surface area (Å²) in [5.74, 6) is -0.675. The Bertz CT molecular complexity index is 511. The van der Waals surface area contributed by atoms with Gasteiger partial charge in [0.15, 0.2) is 0 Å². The van der Waals surface area contributed by atoms with Gasteiger partial charge in [-0.05, 0) is 30.7 Å². The smallest absolute Gasteiger partial charge is 0.247 e. The number of hydrogen-bond acceptors (Lipinski definition) is 2. The number of nitrogens with zero attached hydrogens (tertiary/aromatic N) is 1. The molecule has 0 spiro atoms. The summed E-state index contributed by atoms with van der Waals surface area (Å²) in [4.78, 5) is 24.9. The molecule has 1 heterocycles. The molecule has 1 unspecified atom stereocenters.